The van der Waals surface area contributed by atoms with E-state index in [1.807, 2.05) is 18.5 Å². The van der Waals surface area contributed by atoms with Gasteiger partial charge in [0.1, 0.15) is 5.65 Å². The van der Waals surface area contributed by atoms with E-state index >= 15 is 0 Å². The van der Waals surface area contributed by atoms with Gasteiger partial charge in [0.25, 0.3) is 0 Å². The van der Waals surface area contributed by atoms with Gasteiger partial charge in [0.15, 0.2) is 0 Å². The maximum absolute atomic E-state index is 4.88. The maximum atomic E-state index is 4.88. The van der Waals surface area contributed by atoms with Crippen LogP contribution in [0.1, 0.15) is 37.8 Å². The van der Waals surface area contributed by atoms with E-state index < -0.39 is 0 Å². The Kier molecular flexibility index (Phi) is 3.90. The molecule has 3 nitrogen and oxygen atoms in total. The van der Waals surface area contributed by atoms with Crippen LogP contribution in [0, 0.1) is 0 Å². The lowest BCUT2D eigenvalue weighted by Gasteiger charge is -2.17. The molecule has 2 aromatic carbocycles. The second-order valence-electron chi connectivity index (χ2n) is 7.61. The Morgan fingerprint density at radius 3 is 2.50 bits per heavy atom. The minimum Gasteiger partial charge on any atom is -0.290 e. The van der Waals surface area contributed by atoms with Gasteiger partial charge in [-0.1, -0.05) is 63.2 Å². The third-order valence-electron chi connectivity index (χ3n) is 5.65. The zero-order chi connectivity index (χ0) is 19.3. The van der Waals surface area contributed by atoms with Crippen LogP contribution in [-0.2, 0) is 6.42 Å². The Morgan fingerprint density at radius 1 is 0.893 bits per heavy atom. The van der Waals surface area contributed by atoms with E-state index in [0.717, 1.165) is 39.6 Å². The molecule has 5 rings (SSSR count). The Hall–Kier alpha value is -3.20. The fourth-order valence-electron chi connectivity index (χ4n) is 4.34. The standard InChI is InChI=1S/C25H23N3/c1-4-17-9-7-12-18(16(2)3)23(17)22-15-27-25-20-11-6-5-10-19(20)24-21(28(22)25)13-8-14-26-24/h5-16H,4H2,1-3H3. The summed E-state index contributed by atoms with van der Waals surface area (Å²) >= 11 is 0. The monoisotopic (exact) mass is 365 g/mol. The quantitative estimate of drug-likeness (QED) is 0.347. The molecule has 0 aliphatic carbocycles. The minimum absolute atomic E-state index is 0.442. The van der Waals surface area contributed by atoms with Crippen LogP contribution in [0.3, 0.4) is 0 Å². The normalized spacial score (nSPS) is 11.9. The molecule has 0 aliphatic rings. The number of hydrogen-bond acceptors (Lipinski definition) is 2. The zero-order valence-corrected chi connectivity index (χ0v) is 16.5. The van der Waals surface area contributed by atoms with Crippen molar-refractivity contribution in [2.45, 2.75) is 33.1 Å². The molecule has 138 valence electrons. The summed E-state index contributed by atoms with van der Waals surface area (Å²) in [6.45, 7) is 6.74. The van der Waals surface area contributed by atoms with Crippen LogP contribution in [-0.4, -0.2) is 14.4 Å². The average Bonchev–Trinajstić information content (AvgIpc) is 3.18. The summed E-state index contributed by atoms with van der Waals surface area (Å²) in [7, 11) is 0. The molecule has 0 aliphatic heterocycles. The van der Waals surface area contributed by atoms with Crippen LogP contribution in [0.2, 0.25) is 0 Å². The highest BCUT2D eigenvalue weighted by Gasteiger charge is 2.19. The Bertz CT molecular complexity index is 1330. The molecule has 3 heterocycles. The zero-order valence-electron chi connectivity index (χ0n) is 16.5. The number of benzene rings is 2. The lowest BCUT2D eigenvalue weighted by atomic mass is 9.90. The first-order valence-corrected chi connectivity index (χ1v) is 9.95. The van der Waals surface area contributed by atoms with Gasteiger partial charge in [-0.05, 0) is 35.6 Å². The molecule has 3 heteroatoms. The van der Waals surface area contributed by atoms with E-state index in [1.54, 1.807) is 0 Å². The fraction of sp³-hybridized carbons (Fsp3) is 0.200. The van der Waals surface area contributed by atoms with Gasteiger partial charge < -0.3 is 0 Å². The Balaban J connectivity index is 2.00. The summed E-state index contributed by atoms with van der Waals surface area (Å²) in [6, 6.07) is 19.2. The van der Waals surface area contributed by atoms with Gasteiger partial charge in [-0.15, -0.1) is 0 Å². The largest absolute Gasteiger partial charge is 0.290 e. The van der Waals surface area contributed by atoms with Crippen LogP contribution >= 0.6 is 0 Å². The van der Waals surface area contributed by atoms with Gasteiger partial charge >= 0.3 is 0 Å². The molecule has 0 bridgehead atoms. The summed E-state index contributed by atoms with van der Waals surface area (Å²) in [5.74, 6) is 0.442. The van der Waals surface area contributed by atoms with Gasteiger partial charge in [-0.2, -0.15) is 0 Å². The summed E-state index contributed by atoms with van der Waals surface area (Å²) < 4.78 is 2.30. The molecule has 0 atom stereocenters. The third-order valence-corrected chi connectivity index (χ3v) is 5.65. The molecular weight excluding hydrogens is 342 g/mol. The second-order valence-corrected chi connectivity index (χ2v) is 7.61. The smallest absolute Gasteiger partial charge is 0.145 e. The van der Waals surface area contributed by atoms with Crippen molar-refractivity contribution in [2.75, 3.05) is 0 Å². The Labute approximate surface area is 164 Å². The first-order chi connectivity index (χ1) is 13.7. The van der Waals surface area contributed by atoms with Crippen LogP contribution in [0.25, 0.3) is 38.7 Å². The van der Waals surface area contributed by atoms with Crippen molar-refractivity contribution in [3.8, 4) is 11.3 Å². The van der Waals surface area contributed by atoms with E-state index in [1.165, 1.54) is 16.7 Å². The number of imidazole rings is 1. The highest BCUT2D eigenvalue weighted by Crippen LogP contribution is 2.37. The minimum atomic E-state index is 0.442. The van der Waals surface area contributed by atoms with Crippen molar-refractivity contribution in [2.24, 2.45) is 0 Å². The molecule has 5 aromatic rings. The summed E-state index contributed by atoms with van der Waals surface area (Å²) in [4.78, 5) is 9.61. The van der Waals surface area contributed by atoms with Gasteiger partial charge in [0.05, 0.1) is 22.9 Å². The Morgan fingerprint density at radius 2 is 1.71 bits per heavy atom. The molecule has 0 spiro atoms. The molecule has 0 radical (unpaired) electrons. The van der Waals surface area contributed by atoms with Gasteiger partial charge in [0.2, 0.25) is 0 Å². The van der Waals surface area contributed by atoms with Crippen molar-refractivity contribution < 1.29 is 0 Å². The lowest BCUT2D eigenvalue weighted by molar-refractivity contribution is 0.864. The molecule has 0 saturated carbocycles. The molecule has 0 amide bonds. The summed E-state index contributed by atoms with van der Waals surface area (Å²) in [6.07, 6.45) is 4.90. The van der Waals surface area contributed by atoms with Crippen molar-refractivity contribution in [3.05, 3.63) is 78.1 Å². The maximum Gasteiger partial charge on any atom is 0.145 e. The van der Waals surface area contributed by atoms with Crippen LogP contribution in [0.4, 0.5) is 0 Å². The number of hydrogen-bond donors (Lipinski definition) is 0. The number of pyridine rings is 2. The topological polar surface area (TPSA) is 30.2 Å². The van der Waals surface area contributed by atoms with E-state index in [4.69, 9.17) is 9.97 Å². The van der Waals surface area contributed by atoms with E-state index in [0.29, 0.717) is 5.92 Å². The first-order valence-electron chi connectivity index (χ1n) is 9.95. The number of aryl methyl sites for hydroxylation is 1. The summed E-state index contributed by atoms with van der Waals surface area (Å²) in [5.41, 5.74) is 8.30. The van der Waals surface area contributed by atoms with Crippen molar-refractivity contribution in [1.82, 2.24) is 14.4 Å². The lowest BCUT2D eigenvalue weighted by Crippen LogP contribution is -2.01. The number of rotatable bonds is 3. The van der Waals surface area contributed by atoms with Gasteiger partial charge in [-0.25, -0.2) is 4.98 Å². The first kappa shape index (κ1) is 16.9. The highest BCUT2D eigenvalue weighted by atomic mass is 15.0. The molecule has 28 heavy (non-hydrogen) atoms. The third kappa shape index (κ3) is 2.36. The number of nitrogens with zero attached hydrogens (tertiary/aromatic N) is 3. The summed E-state index contributed by atoms with van der Waals surface area (Å²) in [5, 5.41) is 2.29. The predicted molar refractivity (Wildman–Crippen MR) is 117 cm³/mol. The average molecular weight is 365 g/mol. The van der Waals surface area contributed by atoms with Crippen molar-refractivity contribution in [3.63, 3.8) is 0 Å². The van der Waals surface area contributed by atoms with Crippen molar-refractivity contribution in [1.29, 1.82) is 0 Å². The molecule has 0 N–H and O–H groups in total. The molecule has 0 unspecified atom stereocenters. The SMILES string of the molecule is CCc1cccc(C(C)C)c1-c1cnc2c3ccccc3c3ncccc3n12. The number of aromatic nitrogens is 3. The van der Waals surface area contributed by atoms with E-state index in [9.17, 15) is 0 Å². The number of fused-ring (bicyclic) bond motifs is 6. The van der Waals surface area contributed by atoms with E-state index in [2.05, 4.69) is 73.7 Å². The molecule has 3 aromatic heterocycles. The highest BCUT2D eigenvalue weighted by molar-refractivity contribution is 6.10. The van der Waals surface area contributed by atoms with Crippen LogP contribution in [0.5, 0.6) is 0 Å². The van der Waals surface area contributed by atoms with E-state index in [-0.39, 0.29) is 0 Å². The van der Waals surface area contributed by atoms with Crippen LogP contribution < -0.4 is 0 Å². The van der Waals surface area contributed by atoms with Gasteiger partial charge in [0, 0.05) is 22.5 Å². The second kappa shape index (κ2) is 6.45. The predicted octanol–water partition coefficient (Wildman–Crippen LogP) is 6.39. The fourth-order valence-corrected chi connectivity index (χ4v) is 4.34. The molecule has 0 saturated heterocycles. The van der Waals surface area contributed by atoms with Crippen LogP contribution in [0.15, 0.2) is 67.0 Å². The molecular formula is C25H23N3. The molecule has 0 fully saturated rings. The van der Waals surface area contributed by atoms with Gasteiger partial charge in [-0.3, -0.25) is 9.38 Å². The van der Waals surface area contributed by atoms with Crippen molar-refractivity contribution >= 4 is 27.5 Å².